The summed E-state index contributed by atoms with van der Waals surface area (Å²) in [7, 11) is 1.56. The molecule has 0 aromatic carbocycles. The SMILES string of the molecule is COCc1nc(N)cc(Sc2nc(N)cc(N)n2)n1. The van der Waals surface area contributed by atoms with Gasteiger partial charge in [0, 0.05) is 19.2 Å². The zero-order valence-electron chi connectivity index (χ0n) is 10.2. The van der Waals surface area contributed by atoms with E-state index >= 15 is 0 Å². The Hall–Kier alpha value is -2.13. The summed E-state index contributed by atoms with van der Waals surface area (Å²) in [5.74, 6) is 1.44. The van der Waals surface area contributed by atoms with Gasteiger partial charge in [0.15, 0.2) is 11.0 Å². The van der Waals surface area contributed by atoms with Crippen molar-refractivity contribution in [3.05, 3.63) is 18.0 Å². The molecule has 0 aliphatic carbocycles. The Kier molecular flexibility index (Phi) is 3.97. The van der Waals surface area contributed by atoms with Crippen LogP contribution in [0.15, 0.2) is 22.3 Å². The van der Waals surface area contributed by atoms with E-state index in [2.05, 4.69) is 19.9 Å². The van der Waals surface area contributed by atoms with Gasteiger partial charge in [0.1, 0.15) is 29.1 Å². The highest BCUT2D eigenvalue weighted by atomic mass is 32.2. The maximum Gasteiger partial charge on any atom is 0.197 e. The first kappa shape index (κ1) is 13.3. The van der Waals surface area contributed by atoms with Gasteiger partial charge in [-0.25, -0.2) is 19.9 Å². The number of hydrogen-bond donors (Lipinski definition) is 3. The molecule has 6 N–H and O–H groups in total. The van der Waals surface area contributed by atoms with Crippen molar-refractivity contribution >= 4 is 29.2 Å². The van der Waals surface area contributed by atoms with Crippen molar-refractivity contribution < 1.29 is 4.74 Å². The Morgan fingerprint density at radius 1 is 1.00 bits per heavy atom. The monoisotopic (exact) mass is 279 g/mol. The molecule has 0 spiro atoms. The summed E-state index contributed by atoms with van der Waals surface area (Å²) in [6.45, 7) is 0.276. The molecule has 100 valence electrons. The van der Waals surface area contributed by atoms with Gasteiger partial charge >= 0.3 is 0 Å². The molecule has 0 amide bonds. The fourth-order valence-corrected chi connectivity index (χ4v) is 2.16. The number of nitrogens with zero attached hydrogens (tertiary/aromatic N) is 4. The molecule has 0 radical (unpaired) electrons. The van der Waals surface area contributed by atoms with Crippen molar-refractivity contribution in [2.24, 2.45) is 0 Å². The van der Waals surface area contributed by atoms with E-state index in [1.54, 1.807) is 13.2 Å². The van der Waals surface area contributed by atoms with Crippen LogP contribution in [0.2, 0.25) is 0 Å². The average Bonchev–Trinajstić information content (AvgIpc) is 2.26. The zero-order chi connectivity index (χ0) is 13.8. The van der Waals surface area contributed by atoms with Crippen molar-refractivity contribution in [3.63, 3.8) is 0 Å². The van der Waals surface area contributed by atoms with Gasteiger partial charge in [0.05, 0.1) is 0 Å². The maximum atomic E-state index is 5.69. The van der Waals surface area contributed by atoms with Gasteiger partial charge in [-0.1, -0.05) is 0 Å². The van der Waals surface area contributed by atoms with Crippen LogP contribution in [0.1, 0.15) is 5.82 Å². The third-order valence-corrected chi connectivity index (χ3v) is 2.77. The largest absolute Gasteiger partial charge is 0.384 e. The van der Waals surface area contributed by atoms with E-state index in [0.717, 1.165) is 0 Å². The van der Waals surface area contributed by atoms with Crippen LogP contribution in [0.4, 0.5) is 17.5 Å². The van der Waals surface area contributed by atoms with Crippen LogP contribution >= 0.6 is 11.8 Å². The van der Waals surface area contributed by atoms with Crippen LogP contribution < -0.4 is 17.2 Å². The van der Waals surface area contributed by atoms with Gasteiger partial charge in [-0.05, 0) is 11.8 Å². The van der Waals surface area contributed by atoms with Crippen LogP contribution in [-0.2, 0) is 11.3 Å². The molecule has 0 bridgehead atoms. The van der Waals surface area contributed by atoms with Gasteiger partial charge in [-0.3, -0.25) is 0 Å². The van der Waals surface area contributed by atoms with Crippen molar-refractivity contribution in [1.82, 2.24) is 19.9 Å². The molecule has 9 heteroatoms. The molecule has 2 rings (SSSR count). The molecular formula is C10H13N7OS. The highest BCUT2D eigenvalue weighted by Crippen LogP contribution is 2.25. The molecule has 0 aliphatic rings. The minimum absolute atomic E-state index is 0.276. The standard InChI is InChI=1S/C10H13N7OS/c1-18-4-8-14-7(13)3-9(17-8)19-10-15-5(11)2-6(12)16-10/h2-3H,4H2,1H3,(H2,13,14,17)(H4,11,12,15,16). The number of nitrogens with two attached hydrogens (primary N) is 3. The number of anilines is 3. The Morgan fingerprint density at radius 3 is 2.26 bits per heavy atom. The first-order valence-corrected chi connectivity index (χ1v) is 6.08. The van der Waals surface area contributed by atoms with Crippen LogP contribution in [-0.4, -0.2) is 27.0 Å². The maximum absolute atomic E-state index is 5.69. The van der Waals surface area contributed by atoms with E-state index in [-0.39, 0.29) is 6.61 Å². The minimum Gasteiger partial charge on any atom is -0.384 e. The predicted molar refractivity (Wildman–Crippen MR) is 72.1 cm³/mol. The third-order valence-electron chi connectivity index (χ3n) is 1.98. The van der Waals surface area contributed by atoms with E-state index in [1.807, 2.05) is 0 Å². The molecule has 8 nitrogen and oxygen atoms in total. The number of rotatable bonds is 4. The Bertz CT molecular complexity index is 572. The van der Waals surface area contributed by atoms with E-state index in [1.165, 1.54) is 17.8 Å². The molecule has 0 saturated heterocycles. The Balaban J connectivity index is 2.27. The highest BCUT2D eigenvalue weighted by molar-refractivity contribution is 7.99. The van der Waals surface area contributed by atoms with Crippen molar-refractivity contribution in [2.75, 3.05) is 24.3 Å². The summed E-state index contributed by atoms with van der Waals surface area (Å²) in [5, 5.41) is 1.00. The van der Waals surface area contributed by atoms with E-state index < -0.39 is 0 Å². The lowest BCUT2D eigenvalue weighted by Crippen LogP contribution is -2.03. The van der Waals surface area contributed by atoms with Crippen LogP contribution in [0.3, 0.4) is 0 Å². The Morgan fingerprint density at radius 2 is 1.63 bits per heavy atom. The Labute approximate surface area is 113 Å². The first-order chi connectivity index (χ1) is 9.06. The summed E-state index contributed by atoms with van der Waals surface area (Å²) in [4.78, 5) is 16.4. The zero-order valence-corrected chi connectivity index (χ0v) is 11.0. The molecule has 19 heavy (non-hydrogen) atoms. The molecule has 0 aliphatic heterocycles. The molecule has 0 fully saturated rings. The number of hydrogen-bond acceptors (Lipinski definition) is 9. The summed E-state index contributed by atoms with van der Waals surface area (Å²) in [6, 6.07) is 3.10. The van der Waals surface area contributed by atoms with Crippen molar-refractivity contribution in [1.29, 1.82) is 0 Å². The molecule has 2 aromatic rings. The van der Waals surface area contributed by atoms with Gasteiger partial charge in [-0.2, -0.15) is 0 Å². The van der Waals surface area contributed by atoms with Gasteiger partial charge in [0.2, 0.25) is 0 Å². The average molecular weight is 279 g/mol. The van der Waals surface area contributed by atoms with Crippen LogP contribution in [0.5, 0.6) is 0 Å². The summed E-state index contributed by atoms with van der Waals surface area (Å²) in [6.07, 6.45) is 0. The molecule has 2 heterocycles. The van der Waals surface area contributed by atoms with Crippen LogP contribution in [0, 0.1) is 0 Å². The molecular weight excluding hydrogens is 266 g/mol. The number of ether oxygens (including phenoxy) is 1. The predicted octanol–water partition coefficient (Wildman–Crippen LogP) is 0.311. The summed E-state index contributed by atoms with van der Waals surface area (Å²) in [5.41, 5.74) is 16.9. The van der Waals surface area contributed by atoms with Crippen LogP contribution in [0.25, 0.3) is 0 Å². The fourth-order valence-electron chi connectivity index (χ4n) is 1.34. The second-order valence-corrected chi connectivity index (χ2v) is 4.57. The molecule has 2 aromatic heterocycles. The third kappa shape index (κ3) is 3.66. The quantitative estimate of drug-likeness (QED) is 0.532. The molecule has 0 unspecified atom stereocenters. The van der Waals surface area contributed by atoms with E-state index in [4.69, 9.17) is 21.9 Å². The van der Waals surface area contributed by atoms with Crippen molar-refractivity contribution in [3.8, 4) is 0 Å². The van der Waals surface area contributed by atoms with E-state index in [9.17, 15) is 0 Å². The number of aromatic nitrogens is 4. The topological polar surface area (TPSA) is 139 Å². The van der Waals surface area contributed by atoms with Gasteiger partial charge < -0.3 is 21.9 Å². The summed E-state index contributed by atoms with van der Waals surface area (Å²) >= 11 is 1.20. The molecule has 0 saturated carbocycles. The number of methoxy groups -OCH3 is 1. The number of nitrogen functional groups attached to an aromatic ring is 3. The first-order valence-electron chi connectivity index (χ1n) is 5.27. The lowest BCUT2D eigenvalue weighted by Gasteiger charge is -2.05. The second-order valence-electron chi connectivity index (χ2n) is 3.58. The smallest absolute Gasteiger partial charge is 0.197 e. The summed E-state index contributed by atoms with van der Waals surface area (Å²) < 4.78 is 4.97. The lowest BCUT2D eigenvalue weighted by atomic mass is 10.5. The van der Waals surface area contributed by atoms with Gasteiger partial charge in [-0.15, -0.1) is 0 Å². The second kappa shape index (κ2) is 5.67. The highest BCUT2D eigenvalue weighted by Gasteiger charge is 2.08. The fraction of sp³-hybridized carbons (Fsp3) is 0.200. The molecule has 0 atom stereocenters. The normalized spacial score (nSPS) is 10.6. The minimum atomic E-state index is 0.276. The lowest BCUT2D eigenvalue weighted by molar-refractivity contribution is 0.177. The van der Waals surface area contributed by atoms with E-state index in [0.29, 0.717) is 33.5 Å². The van der Waals surface area contributed by atoms with Gasteiger partial charge in [0.25, 0.3) is 0 Å². The van der Waals surface area contributed by atoms with Crippen molar-refractivity contribution in [2.45, 2.75) is 16.8 Å².